The molecular weight excluding hydrogens is 227 g/mol. The molecule has 0 amide bonds. The second-order valence-corrected chi connectivity index (χ2v) is 7.32. The number of nitriles is 1. The van der Waals surface area contributed by atoms with E-state index in [9.17, 15) is 0 Å². The molecule has 0 radical (unpaired) electrons. The number of hydrogen-bond donors (Lipinski definition) is 0. The van der Waals surface area contributed by atoms with Crippen molar-refractivity contribution in [2.45, 2.75) is 46.2 Å². The van der Waals surface area contributed by atoms with Gasteiger partial charge in [-0.15, -0.1) is 0 Å². The maximum Gasteiger partial charge on any atom is 0.169 e. The molecule has 0 N–H and O–H groups in total. The first-order valence-corrected chi connectivity index (χ1v) is 8.21. The summed E-state index contributed by atoms with van der Waals surface area (Å²) in [6, 6.07) is 3.06. The molecule has 0 aliphatic heterocycles. The van der Waals surface area contributed by atoms with Gasteiger partial charge in [0.1, 0.15) is 0 Å². The monoisotopic (exact) mass is 248 g/mol. The van der Waals surface area contributed by atoms with Crippen molar-refractivity contribution in [2.75, 3.05) is 12.9 Å². The van der Waals surface area contributed by atoms with E-state index in [0.717, 1.165) is 0 Å². The third kappa shape index (κ3) is 5.73. The van der Waals surface area contributed by atoms with Gasteiger partial charge in [-0.2, -0.15) is 5.26 Å². The van der Waals surface area contributed by atoms with Crippen LogP contribution >= 0.6 is 18.9 Å². The molecule has 0 spiro atoms. The Morgan fingerprint density at radius 2 is 1.87 bits per heavy atom. The first kappa shape index (κ1) is 15.2. The van der Waals surface area contributed by atoms with Crippen LogP contribution in [0, 0.1) is 11.3 Å². The van der Waals surface area contributed by atoms with E-state index >= 15 is 0 Å². The van der Waals surface area contributed by atoms with E-state index in [1.807, 2.05) is 0 Å². The van der Waals surface area contributed by atoms with Crippen molar-refractivity contribution in [2.24, 2.45) is 0 Å². The summed E-state index contributed by atoms with van der Waals surface area (Å²) < 4.78 is 8.12. The van der Waals surface area contributed by atoms with Crippen molar-refractivity contribution >= 4 is 18.9 Å². The molecule has 1 unspecified atom stereocenters. The van der Waals surface area contributed by atoms with E-state index in [2.05, 4.69) is 44.7 Å². The summed E-state index contributed by atoms with van der Waals surface area (Å²) in [4.78, 5) is 0. The summed E-state index contributed by atoms with van der Waals surface area (Å²) in [6.45, 7) is 9.26. The fraction of sp³-hybridized carbons (Fsp3) is 0.900. The van der Waals surface area contributed by atoms with E-state index in [-0.39, 0.29) is 0 Å². The molecule has 0 heterocycles. The molecule has 0 aromatic carbocycles. The normalized spacial score (nSPS) is 13.5. The highest BCUT2D eigenvalue weighted by molar-refractivity contribution is 8.53. The van der Waals surface area contributed by atoms with Crippen molar-refractivity contribution in [3.05, 3.63) is 0 Å². The summed E-state index contributed by atoms with van der Waals surface area (Å²) in [6.07, 6.45) is 2.54. The second-order valence-electron chi connectivity index (χ2n) is 3.73. The van der Waals surface area contributed by atoms with Gasteiger partial charge in [-0.25, -0.2) is 4.67 Å². The van der Waals surface area contributed by atoms with Crippen LogP contribution in [-0.2, 0) is 4.52 Å². The van der Waals surface area contributed by atoms with Crippen LogP contribution in [0.1, 0.15) is 34.1 Å². The Bertz CT molecular complexity index is 198. The summed E-state index contributed by atoms with van der Waals surface area (Å²) in [5.41, 5.74) is 0. The van der Waals surface area contributed by atoms with Crippen molar-refractivity contribution in [1.82, 2.24) is 4.67 Å². The quantitative estimate of drug-likeness (QED) is 0.509. The van der Waals surface area contributed by atoms with Crippen LogP contribution in [0.4, 0.5) is 0 Å². The fourth-order valence-corrected chi connectivity index (χ4v) is 5.02. The molecule has 0 aromatic rings. The van der Waals surface area contributed by atoms with Crippen LogP contribution in [0.2, 0.25) is 0 Å². The van der Waals surface area contributed by atoms with E-state index in [1.54, 1.807) is 11.4 Å². The Morgan fingerprint density at radius 3 is 2.20 bits per heavy atom. The summed E-state index contributed by atoms with van der Waals surface area (Å²) in [5.74, 6) is 0. The standard InChI is InChI=1S/C10H21N2OPS/c1-9(2)12(10(3)4)14(15-5)13-8-6-7-11/h9-10H,6,8H2,1-5H3. The minimum absolute atomic E-state index is 0.476. The lowest BCUT2D eigenvalue weighted by molar-refractivity contribution is 0.267. The topological polar surface area (TPSA) is 36.3 Å². The molecule has 1 atom stereocenters. The predicted molar refractivity (Wildman–Crippen MR) is 68.7 cm³/mol. The fourth-order valence-electron chi connectivity index (χ4n) is 1.36. The number of rotatable bonds is 7. The van der Waals surface area contributed by atoms with Crippen LogP contribution in [0.3, 0.4) is 0 Å². The van der Waals surface area contributed by atoms with E-state index in [1.165, 1.54) is 0 Å². The highest BCUT2D eigenvalue weighted by Crippen LogP contribution is 2.54. The Labute approximate surface area is 98.8 Å². The molecule has 0 aliphatic carbocycles. The van der Waals surface area contributed by atoms with Crippen molar-refractivity contribution in [1.29, 1.82) is 5.26 Å². The van der Waals surface area contributed by atoms with Crippen LogP contribution < -0.4 is 0 Å². The number of nitrogens with zero attached hydrogens (tertiary/aromatic N) is 2. The Balaban J connectivity index is 4.27. The van der Waals surface area contributed by atoms with Gasteiger partial charge in [0.25, 0.3) is 0 Å². The minimum atomic E-state index is -0.613. The highest BCUT2D eigenvalue weighted by atomic mass is 32.7. The van der Waals surface area contributed by atoms with Gasteiger partial charge in [-0.1, -0.05) is 11.4 Å². The Morgan fingerprint density at radius 1 is 1.33 bits per heavy atom. The molecule has 0 rings (SSSR count). The molecule has 0 aliphatic rings. The third-order valence-corrected chi connectivity index (χ3v) is 5.65. The van der Waals surface area contributed by atoms with Crippen LogP contribution in [-0.4, -0.2) is 29.6 Å². The lowest BCUT2D eigenvalue weighted by Crippen LogP contribution is -2.32. The molecule has 15 heavy (non-hydrogen) atoms. The summed E-state index contributed by atoms with van der Waals surface area (Å²) in [5, 5.41) is 8.47. The zero-order valence-electron chi connectivity index (χ0n) is 10.2. The average Bonchev–Trinajstić information content (AvgIpc) is 2.15. The van der Waals surface area contributed by atoms with Gasteiger partial charge < -0.3 is 4.52 Å². The molecule has 0 fully saturated rings. The molecule has 5 heteroatoms. The molecule has 0 saturated carbocycles. The van der Waals surface area contributed by atoms with Gasteiger partial charge in [-0.3, -0.25) is 0 Å². The minimum Gasteiger partial charge on any atom is -0.334 e. The van der Waals surface area contributed by atoms with Crippen LogP contribution in [0.25, 0.3) is 0 Å². The maximum atomic E-state index is 8.47. The maximum absolute atomic E-state index is 8.47. The average molecular weight is 248 g/mol. The van der Waals surface area contributed by atoms with Gasteiger partial charge in [-0.05, 0) is 34.0 Å². The van der Waals surface area contributed by atoms with E-state index in [0.29, 0.717) is 25.1 Å². The molecular formula is C10H21N2OPS. The molecule has 88 valence electrons. The third-order valence-electron chi connectivity index (χ3n) is 1.82. The zero-order chi connectivity index (χ0) is 11.8. The molecule has 0 aromatic heterocycles. The molecule has 0 saturated heterocycles. The lowest BCUT2D eigenvalue weighted by Gasteiger charge is -2.35. The smallest absolute Gasteiger partial charge is 0.169 e. The summed E-state index contributed by atoms with van der Waals surface area (Å²) >= 11 is 1.74. The van der Waals surface area contributed by atoms with Crippen molar-refractivity contribution in [3.8, 4) is 6.07 Å². The first-order chi connectivity index (χ1) is 7.04. The van der Waals surface area contributed by atoms with Crippen LogP contribution in [0.5, 0.6) is 0 Å². The first-order valence-electron chi connectivity index (χ1n) is 5.17. The van der Waals surface area contributed by atoms with Gasteiger partial charge in [0.15, 0.2) is 7.50 Å². The van der Waals surface area contributed by atoms with Crippen molar-refractivity contribution < 1.29 is 4.52 Å². The van der Waals surface area contributed by atoms with Gasteiger partial charge in [0.05, 0.1) is 19.1 Å². The zero-order valence-corrected chi connectivity index (χ0v) is 11.9. The van der Waals surface area contributed by atoms with Gasteiger partial charge in [0.2, 0.25) is 0 Å². The van der Waals surface area contributed by atoms with E-state index in [4.69, 9.17) is 9.79 Å². The Kier molecular flexibility index (Phi) is 8.46. The highest BCUT2D eigenvalue weighted by Gasteiger charge is 2.24. The Hall–Kier alpha value is 0.190. The second kappa shape index (κ2) is 8.35. The largest absolute Gasteiger partial charge is 0.334 e. The molecule has 3 nitrogen and oxygen atoms in total. The van der Waals surface area contributed by atoms with Crippen LogP contribution in [0.15, 0.2) is 0 Å². The van der Waals surface area contributed by atoms with E-state index < -0.39 is 7.50 Å². The lowest BCUT2D eigenvalue weighted by atomic mass is 10.3. The number of hydrogen-bond acceptors (Lipinski definition) is 4. The SMILES string of the molecule is CSP(OCCC#N)N(C(C)C)C(C)C. The molecule has 0 bridgehead atoms. The predicted octanol–water partition coefficient (Wildman–Crippen LogP) is 3.63. The van der Waals surface area contributed by atoms with Crippen molar-refractivity contribution in [3.63, 3.8) is 0 Å². The van der Waals surface area contributed by atoms with Gasteiger partial charge in [0, 0.05) is 12.1 Å². The van der Waals surface area contributed by atoms with Gasteiger partial charge >= 0.3 is 0 Å². The summed E-state index contributed by atoms with van der Waals surface area (Å²) in [7, 11) is -0.613.